The summed E-state index contributed by atoms with van der Waals surface area (Å²) in [6.45, 7) is 7.21. The number of carbonyl (C=O) groups is 1. The van der Waals surface area contributed by atoms with Crippen molar-refractivity contribution in [3.05, 3.63) is 47.8 Å². The quantitative estimate of drug-likeness (QED) is 0.770. The summed E-state index contributed by atoms with van der Waals surface area (Å²) in [4.78, 5) is 12.5. The molecule has 1 amide bonds. The number of ether oxygens (including phenoxy) is 1. The summed E-state index contributed by atoms with van der Waals surface area (Å²) in [6.07, 6.45) is 4.17. The number of nitrogens with zero attached hydrogens (tertiary/aromatic N) is 2. The van der Waals surface area contributed by atoms with Gasteiger partial charge in [-0.1, -0.05) is 26.0 Å². The summed E-state index contributed by atoms with van der Waals surface area (Å²) in [7, 11) is 1.64. The van der Waals surface area contributed by atoms with Gasteiger partial charge in [-0.25, -0.2) is 0 Å². The lowest BCUT2D eigenvalue weighted by atomic mass is 9.90. The number of nitrogens with two attached hydrogens (primary N) is 1. The highest BCUT2D eigenvalue weighted by Gasteiger charge is 2.26. The van der Waals surface area contributed by atoms with Crippen molar-refractivity contribution in [3.63, 3.8) is 0 Å². The number of amides is 1. The van der Waals surface area contributed by atoms with E-state index in [1.165, 1.54) is 0 Å². The predicted molar refractivity (Wildman–Crippen MR) is 98.7 cm³/mol. The van der Waals surface area contributed by atoms with Crippen LogP contribution in [0.5, 0.6) is 5.75 Å². The third-order valence-corrected chi connectivity index (χ3v) is 4.12. The predicted octanol–water partition coefficient (Wildman–Crippen LogP) is 2.43. The molecular formula is C19H28N4O2. The number of carbonyl (C=O) groups excluding carboxylic acids is 1. The monoisotopic (exact) mass is 344 g/mol. The lowest BCUT2D eigenvalue weighted by Gasteiger charge is -2.31. The van der Waals surface area contributed by atoms with Gasteiger partial charge in [0.2, 0.25) is 0 Å². The Morgan fingerprint density at radius 3 is 2.60 bits per heavy atom. The Balaban J connectivity index is 2.02. The van der Waals surface area contributed by atoms with Gasteiger partial charge in [-0.2, -0.15) is 5.10 Å². The summed E-state index contributed by atoms with van der Waals surface area (Å²) < 4.78 is 6.90. The number of aromatic nitrogens is 2. The van der Waals surface area contributed by atoms with Gasteiger partial charge in [-0.05, 0) is 37.0 Å². The van der Waals surface area contributed by atoms with E-state index in [2.05, 4.69) is 24.3 Å². The normalized spacial score (nSPS) is 13.5. The van der Waals surface area contributed by atoms with E-state index >= 15 is 0 Å². The minimum Gasteiger partial charge on any atom is -0.497 e. The van der Waals surface area contributed by atoms with Gasteiger partial charge < -0.3 is 15.8 Å². The second kappa shape index (κ2) is 8.16. The molecule has 0 bridgehead atoms. The highest BCUT2D eigenvalue weighted by atomic mass is 16.5. The molecule has 3 N–H and O–H groups in total. The van der Waals surface area contributed by atoms with Gasteiger partial charge in [0.05, 0.1) is 25.4 Å². The Morgan fingerprint density at radius 1 is 1.36 bits per heavy atom. The molecule has 0 saturated carbocycles. The van der Waals surface area contributed by atoms with Crippen molar-refractivity contribution in [1.29, 1.82) is 0 Å². The number of methoxy groups -OCH3 is 1. The molecule has 6 heteroatoms. The minimum absolute atomic E-state index is 0.144. The van der Waals surface area contributed by atoms with Crippen LogP contribution in [0.4, 0.5) is 0 Å². The molecule has 0 spiro atoms. The molecule has 25 heavy (non-hydrogen) atoms. The van der Waals surface area contributed by atoms with Crippen molar-refractivity contribution >= 4 is 5.91 Å². The number of hydrogen-bond acceptors (Lipinski definition) is 4. The smallest absolute Gasteiger partial charge is 0.254 e. The van der Waals surface area contributed by atoms with Crippen molar-refractivity contribution < 1.29 is 9.53 Å². The highest BCUT2D eigenvalue weighted by Crippen LogP contribution is 2.16. The molecule has 136 valence electrons. The van der Waals surface area contributed by atoms with Crippen molar-refractivity contribution in [1.82, 2.24) is 15.1 Å². The first-order valence-electron chi connectivity index (χ1n) is 8.53. The van der Waals surface area contributed by atoms with E-state index in [1.807, 2.05) is 31.2 Å². The van der Waals surface area contributed by atoms with E-state index in [1.54, 1.807) is 24.2 Å². The van der Waals surface area contributed by atoms with Crippen LogP contribution in [0.25, 0.3) is 0 Å². The van der Waals surface area contributed by atoms with Gasteiger partial charge in [0.25, 0.3) is 5.91 Å². The first kappa shape index (κ1) is 19.0. The molecule has 1 atom stereocenters. The van der Waals surface area contributed by atoms with Crippen LogP contribution in [-0.4, -0.2) is 34.9 Å². The van der Waals surface area contributed by atoms with E-state index < -0.39 is 5.54 Å². The molecule has 1 heterocycles. The Kier molecular flexibility index (Phi) is 6.20. The maximum atomic E-state index is 12.5. The topological polar surface area (TPSA) is 82.2 Å². The molecule has 1 aromatic carbocycles. The first-order chi connectivity index (χ1) is 11.8. The largest absolute Gasteiger partial charge is 0.497 e. The van der Waals surface area contributed by atoms with E-state index in [-0.39, 0.29) is 5.91 Å². The molecule has 0 radical (unpaired) electrons. The molecule has 2 aromatic rings. The molecule has 0 fully saturated rings. The van der Waals surface area contributed by atoms with Gasteiger partial charge in [0, 0.05) is 18.3 Å². The van der Waals surface area contributed by atoms with Crippen LogP contribution in [0.2, 0.25) is 0 Å². The van der Waals surface area contributed by atoms with E-state index in [0.29, 0.717) is 24.6 Å². The average molecular weight is 344 g/mol. The fourth-order valence-corrected chi connectivity index (χ4v) is 2.92. The van der Waals surface area contributed by atoms with E-state index in [9.17, 15) is 4.79 Å². The lowest BCUT2D eigenvalue weighted by Crippen LogP contribution is -2.52. The van der Waals surface area contributed by atoms with Crippen LogP contribution in [0.3, 0.4) is 0 Å². The van der Waals surface area contributed by atoms with E-state index in [4.69, 9.17) is 10.5 Å². The number of nitrogens with one attached hydrogen (secondary N) is 1. The Bertz CT molecular complexity index is 694. The van der Waals surface area contributed by atoms with Gasteiger partial charge in [0.15, 0.2) is 0 Å². The zero-order chi connectivity index (χ0) is 18.4. The third kappa shape index (κ3) is 5.32. The third-order valence-electron chi connectivity index (χ3n) is 4.12. The zero-order valence-corrected chi connectivity index (χ0v) is 15.5. The summed E-state index contributed by atoms with van der Waals surface area (Å²) >= 11 is 0. The summed E-state index contributed by atoms with van der Waals surface area (Å²) in [5.41, 5.74) is 7.08. The number of benzene rings is 1. The molecule has 1 aromatic heterocycles. The van der Waals surface area contributed by atoms with Crippen LogP contribution in [0.1, 0.15) is 43.1 Å². The first-order valence-corrected chi connectivity index (χ1v) is 8.53. The van der Waals surface area contributed by atoms with Crippen LogP contribution >= 0.6 is 0 Å². The molecular weight excluding hydrogens is 316 g/mol. The minimum atomic E-state index is -0.413. The van der Waals surface area contributed by atoms with Crippen LogP contribution in [0.15, 0.2) is 36.7 Å². The molecule has 0 aliphatic carbocycles. The SMILES string of the molecule is COc1ccc(Cn2cc(C(=O)NC(C)(CN)CC(C)C)cn2)cc1. The van der Waals surface area contributed by atoms with Crippen molar-refractivity contribution in [2.75, 3.05) is 13.7 Å². The van der Waals surface area contributed by atoms with Gasteiger partial charge >= 0.3 is 0 Å². The van der Waals surface area contributed by atoms with Gasteiger partial charge in [0.1, 0.15) is 5.75 Å². The summed E-state index contributed by atoms with van der Waals surface area (Å²) in [5, 5.41) is 7.33. The maximum Gasteiger partial charge on any atom is 0.254 e. The van der Waals surface area contributed by atoms with Crippen molar-refractivity contribution in [2.45, 2.75) is 39.3 Å². The van der Waals surface area contributed by atoms with Crippen LogP contribution < -0.4 is 15.8 Å². The fourth-order valence-electron chi connectivity index (χ4n) is 2.92. The van der Waals surface area contributed by atoms with E-state index in [0.717, 1.165) is 17.7 Å². The fraction of sp³-hybridized carbons (Fsp3) is 0.474. The zero-order valence-electron chi connectivity index (χ0n) is 15.5. The van der Waals surface area contributed by atoms with Crippen molar-refractivity contribution in [3.8, 4) is 5.75 Å². The second-order valence-electron chi connectivity index (χ2n) is 7.09. The second-order valence-corrected chi connectivity index (χ2v) is 7.09. The molecule has 6 nitrogen and oxygen atoms in total. The summed E-state index contributed by atoms with van der Waals surface area (Å²) in [5.74, 6) is 1.12. The lowest BCUT2D eigenvalue weighted by molar-refractivity contribution is 0.0898. The van der Waals surface area contributed by atoms with Crippen molar-refractivity contribution in [2.24, 2.45) is 11.7 Å². The summed E-state index contributed by atoms with van der Waals surface area (Å²) in [6, 6.07) is 7.78. The van der Waals surface area contributed by atoms with Gasteiger partial charge in [-0.15, -0.1) is 0 Å². The van der Waals surface area contributed by atoms with Crippen LogP contribution in [0, 0.1) is 5.92 Å². The Morgan fingerprint density at radius 2 is 2.04 bits per heavy atom. The van der Waals surface area contributed by atoms with Gasteiger partial charge in [-0.3, -0.25) is 9.48 Å². The molecule has 0 aliphatic rings. The molecule has 1 unspecified atom stereocenters. The molecule has 0 aliphatic heterocycles. The Labute approximate surface area is 149 Å². The maximum absolute atomic E-state index is 12.5. The number of rotatable bonds is 8. The molecule has 0 saturated heterocycles. The Hall–Kier alpha value is -2.34. The number of hydrogen-bond donors (Lipinski definition) is 2. The highest BCUT2D eigenvalue weighted by molar-refractivity contribution is 5.94. The standard InChI is InChI=1S/C19H28N4O2/c1-14(2)9-19(3,13-20)22-18(24)16-10-21-23(12-16)11-15-5-7-17(25-4)8-6-15/h5-8,10,12,14H,9,11,13,20H2,1-4H3,(H,22,24). The average Bonchev–Trinajstić information content (AvgIpc) is 3.03. The van der Waals surface area contributed by atoms with Crippen LogP contribution in [-0.2, 0) is 6.54 Å². The molecule has 2 rings (SSSR count).